The highest BCUT2D eigenvalue weighted by Gasteiger charge is 2.39. The summed E-state index contributed by atoms with van der Waals surface area (Å²) in [6.07, 6.45) is 4.17. The van der Waals surface area contributed by atoms with Crippen LogP contribution in [0.25, 0.3) is 11.4 Å². The van der Waals surface area contributed by atoms with Crippen molar-refractivity contribution in [3.8, 4) is 17.1 Å². The van der Waals surface area contributed by atoms with E-state index < -0.39 is 35.6 Å². The number of aromatic nitrogens is 3. The van der Waals surface area contributed by atoms with Gasteiger partial charge in [0.05, 0.1) is 36.7 Å². The third kappa shape index (κ3) is 4.87. The Morgan fingerprint density at radius 1 is 1.07 bits per heavy atom. The SMILES string of the molecule is Cc1c(NC(=O)C2CC2)nn(C)c1-c1cc(OC2CN(C(=O)N3N=CCC3c3cc(F)cc(F)c3)C2)c(F)cn1. The van der Waals surface area contributed by atoms with E-state index in [9.17, 15) is 22.8 Å². The highest BCUT2D eigenvalue weighted by molar-refractivity contribution is 5.94. The Balaban J connectivity index is 1.12. The van der Waals surface area contributed by atoms with Gasteiger partial charge in [0.25, 0.3) is 0 Å². The molecule has 40 heavy (non-hydrogen) atoms. The Morgan fingerprint density at radius 3 is 2.50 bits per heavy atom. The Labute approximate surface area is 227 Å². The molecule has 1 N–H and O–H groups in total. The number of hydrazone groups is 1. The number of hydrogen-bond acceptors (Lipinski definition) is 6. The molecule has 208 valence electrons. The summed E-state index contributed by atoms with van der Waals surface area (Å²) >= 11 is 0. The zero-order chi connectivity index (χ0) is 28.1. The molecule has 2 aromatic heterocycles. The van der Waals surface area contributed by atoms with Crippen LogP contribution < -0.4 is 10.1 Å². The molecule has 0 radical (unpaired) electrons. The van der Waals surface area contributed by atoms with Crippen LogP contribution in [0.1, 0.15) is 36.4 Å². The second kappa shape index (κ2) is 9.96. The molecular formula is C27H26F3N7O3. The van der Waals surface area contributed by atoms with Gasteiger partial charge in [-0.3, -0.25) is 14.5 Å². The molecule has 1 aliphatic carbocycles. The van der Waals surface area contributed by atoms with Crippen molar-refractivity contribution in [3.63, 3.8) is 0 Å². The van der Waals surface area contributed by atoms with Crippen molar-refractivity contribution in [1.82, 2.24) is 24.7 Å². The number of benzene rings is 1. The minimum absolute atomic E-state index is 0.0234. The van der Waals surface area contributed by atoms with Crippen LogP contribution in [0.5, 0.6) is 5.75 Å². The van der Waals surface area contributed by atoms with Gasteiger partial charge in [-0.1, -0.05) is 0 Å². The first-order chi connectivity index (χ1) is 19.2. The van der Waals surface area contributed by atoms with Crippen LogP contribution in [-0.4, -0.2) is 62.0 Å². The number of urea groups is 1. The molecule has 10 nitrogen and oxygen atoms in total. The number of amides is 3. The van der Waals surface area contributed by atoms with Crippen molar-refractivity contribution in [1.29, 1.82) is 0 Å². The molecule has 6 rings (SSSR count). The summed E-state index contributed by atoms with van der Waals surface area (Å²) < 4.78 is 49.5. The van der Waals surface area contributed by atoms with Gasteiger partial charge in [-0.25, -0.2) is 23.0 Å². The van der Waals surface area contributed by atoms with Crippen molar-refractivity contribution in [2.75, 3.05) is 18.4 Å². The minimum Gasteiger partial charge on any atom is -0.483 e. The number of rotatable bonds is 6. The van der Waals surface area contributed by atoms with Gasteiger partial charge in [0.15, 0.2) is 17.4 Å². The number of hydrogen-bond donors (Lipinski definition) is 1. The summed E-state index contributed by atoms with van der Waals surface area (Å²) in [5, 5.41) is 12.5. The Morgan fingerprint density at radius 2 is 1.80 bits per heavy atom. The lowest BCUT2D eigenvalue weighted by atomic mass is 10.0. The summed E-state index contributed by atoms with van der Waals surface area (Å²) in [6, 6.07) is 3.54. The van der Waals surface area contributed by atoms with Crippen molar-refractivity contribution in [2.24, 2.45) is 18.1 Å². The molecule has 2 fully saturated rings. The number of nitrogens with zero attached hydrogens (tertiary/aromatic N) is 6. The van der Waals surface area contributed by atoms with Gasteiger partial charge in [-0.15, -0.1) is 0 Å². The Bertz CT molecular complexity index is 1510. The van der Waals surface area contributed by atoms with Gasteiger partial charge in [-0.2, -0.15) is 10.2 Å². The van der Waals surface area contributed by atoms with E-state index in [0.29, 0.717) is 34.8 Å². The topological polar surface area (TPSA) is 105 Å². The zero-order valence-electron chi connectivity index (χ0n) is 21.8. The van der Waals surface area contributed by atoms with Gasteiger partial charge < -0.3 is 15.0 Å². The van der Waals surface area contributed by atoms with Gasteiger partial charge in [0, 0.05) is 43.3 Å². The largest absolute Gasteiger partial charge is 0.483 e. The summed E-state index contributed by atoms with van der Waals surface area (Å²) in [6.45, 7) is 2.15. The summed E-state index contributed by atoms with van der Waals surface area (Å²) in [5.41, 5.74) is 2.03. The average Bonchev–Trinajstić information content (AvgIpc) is 3.55. The maximum atomic E-state index is 14.6. The smallest absolute Gasteiger partial charge is 0.341 e. The van der Waals surface area contributed by atoms with Crippen LogP contribution in [-0.2, 0) is 11.8 Å². The van der Waals surface area contributed by atoms with Crippen molar-refractivity contribution in [2.45, 2.75) is 38.3 Å². The molecule has 0 spiro atoms. The van der Waals surface area contributed by atoms with E-state index in [1.165, 1.54) is 34.3 Å². The first kappa shape index (κ1) is 25.8. The fourth-order valence-electron chi connectivity index (χ4n) is 4.95. The number of likely N-dealkylation sites (tertiary alicyclic amines) is 1. The predicted molar refractivity (Wildman–Crippen MR) is 138 cm³/mol. The summed E-state index contributed by atoms with van der Waals surface area (Å²) in [5.74, 6) is -1.76. The maximum Gasteiger partial charge on any atom is 0.341 e. The van der Waals surface area contributed by atoms with E-state index in [2.05, 4.69) is 20.5 Å². The van der Waals surface area contributed by atoms with Crippen molar-refractivity contribution in [3.05, 3.63) is 59.0 Å². The second-order valence-electron chi connectivity index (χ2n) is 10.2. The number of carbonyl (C=O) groups is 2. The average molecular weight is 554 g/mol. The second-order valence-corrected chi connectivity index (χ2v) is 10.2. The fourth-order valence-corrected chi connectivity index (χ4v) is 4.95. The molecule has 3 aliphatic rings. The highest BCUT2D eigenvalue weighted by atomic mass is 19.1. The third-order valence-electron chi connectivity index (χ3n) is 7.24. The number of aryl methyl sites for hydroxylation is 1. The number of nitrogens with one attached hydrogen (secondary N) is 1. The molecule has 4 heterocycles. The molecule has 2 aliphatic heterocycles. The first-order valence-corrected chi connectivity index (χ1v) is 12.9. The molecule has 1 saturated carbocycles. The number of carbonyl (C=O) groups excluding carboxylic acids is 2. The molecule has 1 atom stereocenters. The monoisotopic (exact) mass is 553 g/mol. The van der Waals surface area contributed by atoms with Crippen molar-refractivity contribution >= 4 is 24.0 Å². The van der Waals surface area contributed by atoms with Crippen LogP contribution >= 0.6 is 0 Å². The number of anilines is 1. The normalized spacial score (nSPS) is 18.7. The molecule has 1 saturated heterocycles. The number of halogens is 3. The van der Waals surface area contributed by atoms with Crippen molar-refractivity contribution < 1.29 is 27.5 Å². The maximum absolute atomic E-state index is 14.6. The van der Waals surface area contributed by atoms with Crippen LogP contribution in [0.2, 0.25) is 0 Å². The standard InChI is InChI=1S/C27H26F3N7O3/c1-14-24(35(2)34-25(14)33-26(38)15-3-4-15)21-10-23(20(30)11-31-21)40-19-12-36(13-19)27(39)37-22(5-6-32-37)16-7-17(28)9-18(29)8-16/h6-11,15,19,22H,3-5,12-13H2,1-2H3,(H,33,34,38). The summed E-state index contributed by atoms with van der Waals surface area (Å²) in [4.78, 5) is 30.9. The lowest BCUT2D eigenvalue weighted by molar-refractivity contribution is -0.117. The molecular weight excluding hydrogens is 527 g/mol. The van der Waals surface area contributed by atoms with E-state index in [0.717, 1.165) is 25.1 Å². The van der Waals surface area contributed by atoms with E-state index >= 15 is 0 Å². The first-order valence-electron chi connectivity index (χ1n) is 12.9. The third-order valence-corrected chi connectivity index (χ3v) is 7.24. The van der Waals surface area contributed by atoms with E-state index in [-0.39, 0.29) is 30.7 Å². The van der Waals surface area contributed by atoms with E-state index in [1.807, 2.05) is 0 Å². The molecule has 3 amide bonds. The Kier molecular flexibility index (Phi) is 6.43. The van der Waals surface area contributed by atoms with Gasteiger partial charge >= 0.3 is 6.03 Å². The quantitative estimate of drug-likeness (QED) is 0.494. The lowest BCUT2D eigenvalue weighted by Gasteiger charge is -2.41. The predicted octanol–water partition coefficient (Wildman–Crippen LogP) is 4.17. The minimum atomic E-state index is -0.731. The lowest BCUT2D eigenvalue weighted by Crippen LogP contribution is -2.58. The van der Waals surface area contributed by atoms with Gasteiger partial charge in [0.1, 0.15) is 17.7 Å². The molecule has 1 aromatic carbocycles. The zero-order valence-corrected chi connectivity index (χ0v) is 21.8. The highest BCUT2D eigenvalue weighted by Crippen LogP contribution is 2.35. The molecule has 13 heteroatoms. The van der Waals surface area contributed by atoms with Crippen LogP contribution in [0.15, 0.2) is 35.6 Å². The van der Waals surface area contributed by atoms with Crippen LogP contribution in [0.3, 0.4) is 0 Å². The summed E-state index contributed by atoms with van der Waals surface area (Å²) in [7, 11) is 1.71. The van der Waals surface area contributed by atoms with Gasteiger partial charge in [-0.05, 0) is 37.5 Å². The molecule has 3 aromatic rings. The van der Waals surface area contributed by atoms with E-state index in [4.69, 9.17) is 4.74 Å². The van der Waals surface area contributed by atoms with E-state index in [1.54, 1.807) is 18.7 Å². The molecule has 1 unspecified atom stereocenters. The molecule has 0 bridgehead atoms. The van der Waals surface area contributed by atoms with Crippen LogP contribution in [0.4, 0.5) is 23.8 Å². The number of ether oxygens (including phenoxy) is 1. The van der Waals surface area contributed by atoms with Gasteiger partial charge in [0.2, 0.25) is 5.91 Å². The number of pyridine rings is 1. The fraction of sp³-hybridized carbons (Fsp3) is 0.370. The Hall–Kier alpha value is -4.42. The van der Waals surface area contributed by atoms with Crippen LogP contribution in [0, 0.1) is 30.3 Å².